The fourth-order valence-electron chi connectivity index (χ4n) is 1.44. The average molecular weight is 297 g/mol. The van der Waals surface area contributed by atoms with E-state index in [-0.39, 0.29) is 11.3 Å². The monoisotopic (exact) mass is 297 g/mol. The van der Waals surface area contributed by atoms with E-state index in [0.29, 0.717) is 0 Å². The van der Waals surface area contributed by atoms with Crippen molar-refractivity contribution in [2.75, 3.05) is 5.75 Å². The van der Waals surface area contributed by atoms with Crippen LogP contribution in [-0.4, -0.2) is 29.0 Å². The number of benzene rings is 1. The van der Waals surface area contributed by atoms with Gasteiger partial charge in [-0.25, -0.2) is 4.39 Å². The van der Waals surface area contributed by atoms with Gasteiger partial charge >= 0.3 is 12.1 Å². The number of hydrogen-bond acceptors (Lipinski definition) is 3. The van der Waals surface area contributed by atoms with Crippen molar-refractivity contribution < 1.29 is 27.5 Å². The molecule has 0 aliphatic carbocycles. The van der Waals surface area contributed by atoms with Gasteiger partial charge in [0.15, 0.2) is 0 Å². The predicted molar refractivity (Wildman–Crippen MR) is 63.6 cm³/mol. The lowest BCUT2D eigenvalue weighted by Crippen LogP contribution is -2.45. The Morgan fingerprint density at radius 1 is 1.32 bits per heavy atom. The van der Waals surface area contributed by atoms with E-state index in [1.165, 1.54) is 0 Å². The number of alkyl halides is 3. The zero-order valence-corrected chi connectivity index (χ0v) is 10.4. The predicted octanol–water partition coefficient (Wildman–Crippen LogP) is 2.40. The molecule has 3 nitrogen and oxygen atoms in total. The third-order valence-electron chi connectivity index (χ3n) is 2.38. The number of thiol groups is 1. The number of aliphatic carboxylic acids is 1. The van der Waals surface area contributed by atoms with E-state index in [1.54, 1.807) is 0 Å². The molecule has 0 saturated carbocycles. The van der Waals surface area contributed by atoms with Crippen LogP contribution in [0.3, 0.4) is 0 Å². The van der Waals surface area contributed by atoms with E-state index in [9.17, 15) is 22.4 Å². The van der Waals surface area contributed by atoms with E-state index >= 15 is 0 Å². The molecule has 0 spiro atoms. The van der Waals surface area contributed by atoms with Crippen LogP contribution in [0.25, 0.3) is 0 Å². The van der Waals surface area contributed by atoms with Gasteiger partial charge in [0.25, 0.3) is 0 Å². The molecule has 2 atom stereocenters. The minimum atomic E-state index is -4.70. The summed E-state index contributed by atoms with van der Waals surface area (Å²) in [5, 5.41) is 10.7. The summed E-state index contributed by atoms with van der Waals surface area (Å²) in [7, 11) is 0. The number of rotatable bonds is 5. The number of carbonyl (C=O) groups is 1. The highest BCUT2D eigenvalue weighted by Crippen LogP contribution is 2.33. The van der Waals surface area contributed by atoms with Crippen LogP contribution in [0, 0.1) is 5.82 Å². The Bertz CT molecular complexity index is 435. The standard InChI is InChI=1S/C11H11F4NO2S/c12-7-3-1-6(2-4-7)9(11(13,14)15)16-8(5-19)10(17)18/h1-4,8-9,16,19H,5H2,(H,17,18). The van der Waals surface area contributed by atoms with E-state index in [4.69, 9.17) is 5.11 Å². The molecule has 0 aliphatic rings. The van der Waals surface area contributed by atoms with Crippen molar-refractivity contribution in [3.8, 4) is 0 Å². The second kappa shape index (κ2) is 6.25. The Kier molecular flexibility index (Phi) is 5.19. The largest absolute Gasteiger partial charge is 0.480 e. The molecule has 2 N–H and O–H groups in total. The fraction of sp³-hybridized carbons (Fsp3) is 0.364. The quantitative estimate of drug-likeness (QED) is 0.578. The van der Waals surface area contributed by atoms with Crippen molar-refractivity contribution in [2.45, 2.75) is 18.3 Å². The van der Waals surface area contributed by atoms with E-state index in [2.05, 4.69) is 12.6 Å². The molecule has 8 heteroatoms. The lowest BCUT2D eigenvalue weighted by Gasteiger charge is -2.25. The second-order valence-electron chi connectivity index (χ2n) is 3.77. The number of carboxylic acid groups (broad SMARTS) is 1. The molecule has 2 unspecified atom stereocenters. The SMILES string of the molecule is O=C(O)C(CS)NC(c1ccc(F)cc1)C(F)(F)F. The second-order valence-corrected chi connectivity index (χ2v) is 4.13. The number of hydrogen-bond donors (Lipinski definition) is 3. The zero-order valence-electron chi connectivity index (χ0n) is 9.49. The van der Waals surface area contributed by atoms with Gasteiger partial charge in [0.1, 0.15) is 17.9 Å². The van der Waals surface area contributed by atoms with Gasteiger partial charge in [-0.05, 0) is 17.7 Å². The van der Waals surface area contributed by atoms with Gasteiger partial charge < -0.3 is 5.11 Å². The molecule has 0 heterocycles. The summed E-state index contributed by atoms with van der Waals surface area (Å²) in [6.07, 6.45) is -4.70. The first-order valence-corrected chi connectivity index (χ1v) is 5.81. The van der Waals surface area contributed by atoms with Crippen LogP contribution in [0.5, 0.6) is 0 Å². The molecule has 1 aromatic rings. The van der Waals surface area contributed by atoms with Gasteiger partial charge in [0.05, 0.1) is 0 Å². The molecule has 0 amide bonds. The van der Waals surface area contributed by atoms with E-state index in [1.807, 2.05) is 5.32 Å². The molecule has 19 heavy (non-hydrogen) atoms. The minimum Gasteiger partial charge on any atom is -0.480 e. The molecule has 0 saturated heterocycles. The Hall–Kier alpha value is -1.28. The van der Waals surface area contributed by atoms with Crippen LogP contribution >= 0.6 is 12.6 Å². The molecule has 0 fully saturated rings. The first-order chi connectivity index (χ1) is 8.75. The molecule has 106 valence electrons. The fourth-order valence-corrected chi connectivity index (χ4v) is 1.70. The van der Waals surface area contributed by atoms with Crippen molar-refractivity contribution in [3.63, 3.8) is 0 Å². The summed E-state index contributed by atoms with van der Waals surface area (Å²) in [5.74, 6) is -2.41. The van der Waals surface area contributed by atoms with Gasteiger partial charge in [0.2, 0.25) is 0 Å². The van der Waals surface area contributed by atoms with Gasteiger partial charge in [-0.15, -0.1) is 0 Å². The lowest BCUT2D eigenvalue weighted by molar-refractivity contribution is -0.162. The van der Waals surface area contributed by atoms with Crippen molar-refractivity contribution in [2.24, 2.45) is 0 Å². The topological polar surface area (TPSA) is 49.3 Å². The highest BCUT2D eigenvalue weighted by molar-refractivity contribution is 7.80. The first kappa shape index (κ1) is 15.8. The summed E-state index contributed by atoms with van der Waals surface area (Å²) < 4.78 is 51.4. The van der Waals surface area contributed by atoms with Gasteiger partial charge in [0, 0.05) is 5.75 Å². The Balaban J connectivity index is 3.02. The van der Waals surface area contributed by atoms with Crippen LogP contribution < -0.4 is 5.32 Å². The molecule has 1 aromatic carbocycles. The molecule has 0 bridgehead atoms. The molecular formula is C11H11F4NO2S. The van der Waals surface area contributed by atoms with Crippen LogP contribution in [0.2, 0.25) is 0 Å². The van der Waals surface area contributed by atoms with E-state index < -0.39 is 30.0 Å². The van der Waals surface area contributed by atoms with Crippen LogP contribution in [0.1, 0.15) is 11.6 Å². The van der Waals surface area contributed by atoms with Crippen molar-refractivity contribution in [1.82, 2.24) is 5.32 Å². The van der Waals surface area contributed by atoms with Crippen LogP contribution in [0.15, 0.2) is 24.3 Å². The summed E-state index contributed by atoms with van der Waals surface area (Å²) in [5.41, 5.74) is -0.262. The summed E-state index contributed by atoms with van der Waals surface area (Å²) in [6.45, 7) is 0. The minimum absolute atomic E-state index is 0.262. The van der Waals surface area contributed by atoms with Crippen molar-refractivity contribution in [1.29, 1.82) is 0 Å². The third-order valence-corrected chi connectivity index (χ3v) is 2.74. The van der Waals surface area contributed by atoms with Crippen molar-refractivity contribution in [3.05, 3.63) is 35.6 Å². The maximum absolute atomic E-state index is 12.9. The van der Waals surface area contributed by atoms with Gasteiger partial charge in [-0.2, -0.15) is 25.8 Å². The summed E-state index contributed by atoms with van der Waals surface area (Å²) in [6, 6.07) is 0.0234. The molecule has 0 radical (unpaired) electrons. The molecule has 0 aliphatic heterocycles. The Labute approximate surface area is 112 Å². The molecular weight excluding hydrogens is 286 g/mol. The third kappa shape index (κ3) is 4.39. The molecule has 0 aromatic heterocycles. The number of nitrogens with one attached hydrogen (secondary N) is 1. The highest BCUT2D eigenvalue weighted by Gasteiger charge is 2.42. The van der Waals surface area contributed by atoms with Crippen LogP contribution in [0.4, 0.5) is 17.6 Å². The van der Waals surface area contributed by atoms with Crippen molar-refractivity contribution >= 4 is 18.6 Å². The maximum atomic E-state index is 12.9. The Morgan fingerprint density at radius 3 is 2.21 bits per heavy atom. The summed E-state index contributed by atoms with van der Waals surface area (Å²) >= 11 is 3.68. The number of carboxylic acids is 1. The smallest absolute Gasteiger partial charge is 0.407 e. The molecule has 1 rings (SSSR count). The van der Waals surface area contributed by atoms with Gasteiger partial charge in [-0.3, -0.25) is 10.1 Å². The maximum Gasteiger partial charge on any atom is 0.407 e. The first-order valence-electron chi connectivity index (χ1n) is 5.17. The highest BCUT2D eigenvalue weighted by atomic mass is 32.1. The lowest BCUT2D eigenvalue weighted by atomic mass is 10.1. The average Bonchev–Trinajstić information content (AvgIpc) is 2.30. The summed E-state index contributed by atoms with van der Waals surface area (Å²) in [4.78, 5) is 10.7. The Morgan fingerprint density at radius 2 is 1.84 bits per heavy atom. The zero-order chi connectivity index (χ0) is 14.6. The normalized spacial score (nSPS) is 15.0. The van der Waals surface area contributed by atoms with Crippen LogP contribution in [-0.2, 0) is 4.79 Å². The van der Waals surface area contributed by atoms with Gasteiger partial charge in [-0.1, -0.05) is 12.1 Å². The number of halogens is 4. The van der Waals surface area contributed by atoms with E-state index in [0.717, 1.165) is 24.3 Å².